The number of hydrogen-bond acceptors (Lipinski definition) is 5. The molecule has 4 aromatic carbocycles. The van der Waals surface area contributed by atoms with Crippen LogP contribution in [0, 0.1) is 20.8 Å². The molecule has 37 heavy (non-hydrogen) atoms. The van der Waals surface area contributed by atoms with Gasteiger partial charge in [0.05, 0.1) is 15.5 Å². The van der Waals surface area contributed by atoms with Crippen LogP contribution in [0.15, 0.2) is 77.1 Å². The number of hydrogen-bond donors (Lipinski definition) is 2. The molecule has 2 amide bonds. The molecule has 0 aliphatic carbocycles. The van der Waals surface area contributed by atoms with Crippen LogP contribution >= 0.6 is 23.1 Å². The molecular formula is C30H27N3O2S2. The predicted octanol–water partition coefficient (Wildman–Crippen LogP) is 7.75. The zero-order valence-electron chi connectivity index (χ0n) is 21.1. The zero-order chi connectivity index (χ0) is 26.1. The van der Waals surface area contributed by atoms with Gasteiger partial charge in [-0.1, -0.05) is 65.9 Å². The first-order valence-corrected chi connectivity index (χ1v) is 13.7. The van der Waals surface area contributed by atoms with E-state index < -0.39 is 0 Å². The molecule has 186 valence electrons. The van der Waals surface area contributed by atoms with Crippen molar-refractivity contribution in [3.05, 3.63) is 95.1 Å². The molecule has 0 fully saturated rings. The Morgan fingerprint density at radius 3 is 2.41 bits per heavy atom. The van der Waals surface area contributed by atoms with Crippen LogP contribution in [0.3, 0.4) is 0 Å². The number of aryl methyl sites for hydroxylation is 3. The lowest BCUT2D eigenvalue weighted by Crippen LogP contribution is -2.23. The van der Waals surface area contributed by atoms with Gasteiger partial charge in [0.2, 0.25) is 5.91 Å². The molecular weight excluding hydrogens is 498 g/mol. The summed E-state index contributed by atoms with van der Waals surface area (Å²) in [5.41, 5.74) is 6.35. The summed E-state index contributed by atoms with van der Waals surface area (Å²) in [5.74, 6) is -0.204. The Morgan fingerprint density at radius 2 is 1.62 bits per heavy atom. The summed E-state index contributed by atoms with van der Waals surface area (Å²) in [7, 11) is 0. The fourth-order valence-corrected chi connectivity index (χ4v) is 6.71. The van der Waals surface area contributed by atoms with Gasteiger partial charge in [-0.3, -0.25) is 9.59 Å². The van der Waals surface area contributed by atoms with Gasteiger partial charge in [-0.05, 0) is 73.9 Å². The first kappa shape index (κ1) is 25.0. The zero-order valence-corrected chi connectivity index (χ0v) is 22.7. The Bertz CT molecular complexity index is 1630. The number of thiazole rings is 1. The number of rotatable bonds is 6. The maximum absolute atomic E-state index is 13.0. The Morgan fingerprint density at radius 1 is 0.892 bits per heavy atom. The Hall–Kier alpha value is -3.68. The fraction of sp³-hybridized carbons (Fsp3) is 0.167. The maximum atomic E-state index is 13.0. The van der Waals surface area contributed by atoms with Crippen molar-refractivity contribution in [2.45, 2.75) is 37.3 Å². The van der Waals surface area contributed by atoms with Crippen LogP contribution in [0.4, 0.5) is 11.4 Å². The van der Waals surface area contributed by atoms with Gasteiger partial charge in [0.15, 0.2) is 4.34 Å². The minimum atomic E-state index is -0.314. The van der Waals surface area contributed by atoms with E-state index in [1.54, 1.807) is 0 Å². The van der Waals surface area contributed by atoms with Crippen LogP contribution < -0.4 is 10.6 Å². The van der Waals surface area contributed by atoms with Crippen LogP contribution in [-0.4, -0.2) is 22.0 Å². The monoisotopic (exact) mass is 525 g/mol. The van der Waals surface area contributed by atoms with Crippen molar-refractivity contribution >= 4 is 67.3 Å². The van der Waals surface area contributed by atoms with Crippen LogP contribution in [-0.2, 0) is 4.79 Å². The van der Waals surface area contributed by atoms with Crippen molar-refractivity contribution in [1.29, 1.82) is 0 Å². The highest BCUT2D eigenvalue weighted by atomic mass is 32.2. The molecule has 0 spiro atoms. The fourth-order valence-electron chi connectivity index (χ4n) is 4.46. The van der Waals surface area contributed by atoms with Gasteiger partial charge < -0.3 is 10.6 Å². The van der Waals surface area contributed by atoms with E-state index in [2.05, 4.69) is 29.7 Å². The number of aromatic nitrogens is 1. The summed E-state index contributed by atoms with van der Waals surface area (Å²) in [4.78, 5) is 30.7. The molecule has 0 saturated carbocycles. The van der Waals surface area contributed by atoms with E-state index in [4.69, 9.17) is 4.98 Å². The van der Waals surface area contributed by atoms with Gasteiger partial charge >= 0.3 is 0 Å². The normalized spacial score (nSPS) is 12.0. The summed E-state index contributed by atoms with van der Waals surface area (Å²) in [6.45, 7) is 7.97. The summed E-state index contributed by atoms with van der Waals surface area (Å²) < 4.78 is 1.77. The molecule has 5 rings (SSSR count). The summed E-state index contributed by atoms with van der Waals surface area (Å²) >= 11 is 2.96. The van der Waals surface area contributed by atoms with Gasteiger partial charge in [0.25, 0.3) is 5.91 Å². The SMILES string of the molecule is Cc1cc(C)c(NC(=O)[C@@H](C)Sc2nc3ccc(NC(=O)c4cccc5ccccc45)cc3s2)c(C)c1. The van der Waals surface area contributed by atoms with Crippen LogP contribution in [0.2, 0.25) is 0 Å². The van der Waals surface area contributed by atoms with Crippen molar-refractivity contribution in [3.63, 3.8) is 0 Å². The number of thioether (sulfide) groups is 1. The van der Waals surface area contributed by atoms with Crippen LogP contribution in [0.25, 0.3) is 21.0 Å². The van der Waals surface area contributed by atoms with E-state index in [9.17, 15) is 9.59 Å². The number of carbonyl (C=O) groups is 2. The average molecular weight is 526 g/mol. The second-order valence-corrected chi connectivity index (χ2v) is 11.8. The molecule has 0 radical (unpaired) electrons. The van der Waals surface area contributed by atoms with E-state index in [-0.39, 0.29) is 17.1 Å². The van der Waals surface area contributed by atoms with Crippen LogP contribution in [0.5, 0.6) is 0 Å². The number of nitrogens with zero attached hydrogens (tertiary/aromatic N) is 1. The van der Waals surface area contributed by atoms with E-state index in [1.165, 1.54) is 28.7 Å². The largest absolute Gasteiger partial charge is 0.325 e. The molecule has 0 unspecified atom stereocenters. The van der Waals surface area contributed by atoms with Crippen molar-refractivity contribution < 1.29 is 9.59 Å². The van der Waals surface area contributed by atoms with Crippen molar-refractivity contribution in [2.24, 2.45) is 0 Å². The van der Waals surface area contributed by atoms with E-state index in [0.717, 1.165) is 42.1 Å². The lowest BCUT2D eigenvalue weighted by atomic mass is 10.0. The summed E-state index contributed by atoms with van der Waals surface area (Å²) in [6.07, 6.45) is 0. The first-order valence-electron chi connectivity index (χ1n) is 12.0. The summed E-state index contributed by atoms with van der Waals surface area (Å²) in [6, 6.07) is 23.4. The third kappa shape index (κ3) is 5.38. The van der Waals surface area contributed by atoms with Gasteiger partial charge in [-0.2, -0.15) is 0 Å². The quantitative estimate of drug-likeness (QED) is 0.222. The third-order valence-electron chi connectivity index (χ3n) is 6.23. The second kappa shape index (κ2) is 10.4. The van der Waals surface area contributed by atoms with E-state index in [0.29, 0.717) is 11.3 Å². The number of amides is 2. The number of nitrogens with one attached hydrogen (secondary N) is 2. The lowest BCUT2D eigenvalue weighted by Gasteiger charge is -2.15. The molecule has 0 saturated heterocycles. The number of carbonyl (C=O) groups excluding carboxylic acids is 2. The molecule has 7 heteroatoms. The molecule has 1 aromatic heterocycles. The van der Waals surface area contributed by atoms with Gasteiger partial charge in [0, 0.05) is 16.9 Å². The number of benzene rings is 4. The molecule has 0 aliphatic heterocycles. The molecule has 2 N–H and O–H groups in total. The Balaban J connectivity index is 1.29. The molecule has 5 nitrogen and oxygen atoms in total. The molecule has 0 bridgehead atoms. The standard InChI is InChI=1S/C30H27N3O2S2/c1-17-14-18(2)27(19(3)15-17)33-28(34)20(4)36-30-32-25-13-12-22(16-26(25)37-30)31-29(35)24-11-7-9-21-8-5-6-10-23(21)24/h5-16,20H,1-4H3,(H,31,35)(H,33,34)/t20-/m1/s1. The number of anilines is 2. The third-order valence-corrected chi connectivity index (χ3v) is 8.45. The maximum Gasteiger partial charge on any atom is 0.256 e. The van der Waals surface area contributed by atoms with Crippen molar-refractivity contribution in [3.8, 4) is 0 Å². The second-order valence-electron chi connectivity index (χ2n) is 9.17. The smallest absolute Gasteiger partial charge is 0.256 e. The molecule has 5 aromatic rings. The highest BCUT2D eigenvalue weighted by Gasteiger charge is 2.19. The topological polar surface area (TPSA) is 71.1 Å². The van der Waals surface area contributed by atoms with Gasteiger partial charge in [-0.25, -0.2) is 4.98 Å². The Labute approximate surface area is 224 Å². The average Bonchev–Trinajstić information content (AvgIpc) is 3.27. The van der Waals surface area contributed by atoms with Crippen molar-refractivity contribution in [1.82, 2.24) is 4.98 Å². The van der Waals surface area contributed by atoms with Crippen LogP contribution in [0.1, 0.15) is 34.0 Å². The highest BCUT2D eigenvalue weighted by molar-refractivity contribution is 8.02. The van der Waals surface area contributed by atoms with Crippen molar-refractivity contribution in [2.75, 3.05) is 10.6 Å². The van der Waals surface area contributed by atoms with E-state index >= 15 is 0 Å². The minimum absolute atomic E-state index is 0.0534. The van der Waals surface area contributed by atoms with E-state index in [1.807, 2.05) is 81.4 Å². The highest BCUT2D eigenvalue weighted by Crippen LogP contribution is 2.34. The summed E-state index contributed by atoms with van der Waals surface area (Å²) in [5, 5.41) is 7.74. The predicted molar refractivity (Wildman–Crippen MR) is 156 cm³/mol. The number of fused-ring (bicyclic) bond motifs is 2. The van der Waals surface area contributed by atoms with Gasteiger partial charge in [0.1, 0.15) is 0 Å². The lowest BCUT2D eigenvalue weighted by molar-refractivity contribution is -0.115. The van der Waals surface area contributed by atoms with Gasteiger partial charge in [-0.15, -0.1) is 11.3 Å². The molecule has 0 aliphatic rings. The molecule has 1 atom stereocenters. The first-order chi connectivity index (χ1) is 17.8. The molecule has 1 heterocycles. The minimum Gasteiger partial charge on any atom is -0.325 e. The Kier molecular flexibility index (Phi) is 7.00.